The number of hydrogen-bond acceptors (Lipinski definition) is 4. The van der Waals surface area contributed by atoms with Gasteiger partial charge in [0.2, 0.25) is 0 Å². The molecule has 110 valence electrons. The SMILES string of the molecule is CC(C)(C)Nc1cnc(C(=O)NCc2ccccc2)cn1. The Labute approximate surface area is 124 Å². The van der Waals surface area contributed by atoms with Crippen LogP contribution in [0.3, 0.4) is 0 Å². The maximum atomic E-state index is 12.0. The Balaban J connectivity index is 1.94. The lowest BCUT2D eigenvalue weighted by atomic mass is 10.1. The lowest BCUT2D eigenvalue weighted by Gasteiger charge is -2.20. The van der Waals surface area contributed by atoms with Gasteiger partial charge in [-0.2, -0.15) is 0 Å². The number of nitrogens with zero attached hydrogens (tertiary/aromatic N) is 2. The van der Waals surface area contributed by atoms with Gasteiger partial charge in [0.05, 0.1) is 12.4 Å². The number of hydrogen-bond donors (Lipinski definition) is 2. The highest BCUT2D eigenvalue weighted by molar-refractivity contribution is 5.91. The van der Waals surface area contributed by atoms with E-state index < -0.39 is 0 Å². The first-order valence-electron chi connectivity index (χ1n) is 6.86. The molecule has 1 amide bonds. The second kappa shape index (κ2) is 6.35. The van der Waals surface area contributed by atoms with Crippen LogP contribution in [0.4, 0.5) is 5.82 Å². The molecule has 0 fully saturated rings. The average Bonchev–Trinajstić information content (AvgIpc) is 2.45. The van der Waals surface area contributed by atoms with E-state index in [0.29, 0.717) is 18.1 Å². The van der Waals surface area contributed by atoms with E-state index in [1.807, 2.05) is 51.1 Å². The molecule has 0 saturated carbocycles. The van der Waals surface area contributed by atoms with E-state index in [1.165, 1.54) is 6.20 Å². The van der Waals surface area contributed by atoms with Gasteiger partial charge in [-0.15, -0.1) is 0 Å². The molecule has 0 aliphatic rings. The fourth-order valence-electron chi connectivity index (χ4n) is 1.76. The summed E-state index contributed by atoms with van der Waals surface area (Å²) in [4.78, 5) is 20.3. The zero-order chi connectivity index (χ0) is 15.3. The fraction of sp³-hybridized carbons (Fsp3) is 0.312. The minimum absolute atomic E-state index is 0.0915. The molecular formula is C16H20N4O. The standard InChI is InChI=1S/C16H20N4O/c1-16(2,3)20-14-11-17-13(10-18-14)15(21)19-9-12-7-5-4-6-8-12/h4-8,10-11H,9H2,1-3H3,(H,18,20)(H,19,21). The fourth-order valence-corrected chi connectivity index (χ4v) is 1.76. The zero-order valence-electron chi connectivity index (χ0n) is 12.6. The molecule has 1 heterocycles. The molecule has 2 N–H and O–H groups in total. The Morgan fingerprint density at radius 2 is 1.81 bits per heavy atom. The number of amides is 1. The summed E-state index contributed by atoms with van der Waals surface area (Å²) < 4.78 is 0. The monoisotopic (exact) mass is 284 g/mol. The minimum Gasteiger partial charge on any atom is -0.364 e. The van der Waals surface area contributed by atoms with Crippen molar-refractivity contribution in [1.29, 1.82) is 0 Å². The van der Waals surface area contributed by atoms with Crippen LogP contribution in [-0.2, 0) is 6.54 Å². The first-order chi connectivity index (χ1) is 9.94. The van der Waals surface area contributed by atoms with Crippen LogP contribution < -0.4 is 10.6 Å². The lowest BCUT2D eigenvalue weighted by molar-refractivity contribution is 0.0945. The van der Waals surface area contributed by atoms with Gasteiger partial charge >= 0.3 is 0 Å². The summed E-state index contributed by atoms with van der Waals surface area (Å²) in [5.74, 6) is 0.427. The van der Waals surface area contributed by atoms with Gasteiger partial charge in [0.15, 0.2) is 0 Å². The summed E-state index contributed by atoms with van der Waals surface area (Å²) in [5, 5.41) is 6.02. The second-order valence-electron chi connectivity index (χ2n) is 5.83. The highest BCUT2D eigenvalue weighted by Crippen LogP contribution is 2.10. The van der Waals surface area contributed by atoms with E-state index in [9.17, 15) is 4.79 Å². The molecule has 0 unspecified atom stereocenters. The maximum absolute atomic E-state index is 12.0. The summed E-state index contributed by atoms with van der Waals surface area (Å²) in [6, 6.07) is 9.74. The molecule has 1 aromatic heterocycles. The molecule has 21 heavy (non-hydrogen) atoms. The lowest BCUT2D eigenvalue weighted by Crippen LogP contribution is -2.27. The molecule has 5 nitrogen and oxygen atoms in total. The number of carbonyl (C=O) groups excluding carboxylic acids is 1. The van der Waals surface area contributed by atoms with Crippen molar-refractivity contribution >= 4 is 11.7 Å². The van der Waals surface area contributed by atoms with Gasteiger partial charge < -0.3 is 10.6 Å². The topological polar surface area (TPSA) is 66.9 Å². The first kappa shape index (κ1) is 15.0. The zero-order valence-corrected chi connectivity index (χ0v) is 12.6. The molecule has 0 aliphatic heterocycles. The van der Waals surface area contributed by atoms with Crippen LogP contribution in [0.5, 0.6) is 0 Å². The Bertz CT molecular complexity index is 588. The van der Waals surface area contributed by atoms with Gasteiger partial charge in [0, 0.05) is 12.1 Å². The van der Waals surface area contributed by atoms with Crippen LogP contribution in [-0.4, -0.2) is 21.4 Å². The van der Waals surface area contributed by atoms with Crippen molar-refractivity contribution in [3.8, 4) is 0 Å². The maximum Gasteiger partial charge on any atom is 0.271 e. The highest BCUT2D eigenvalue weighted by atomic mass is 16.1. The van der Waals surface area contributed by atoms with Crippen LogP contribution in [0, 0.1) is 0 Å². The summed E-state index contributed by atoms with van der Waals surface area (Å²) in [5.41, 5.74) is 1.27. The highest BCUT2D eigenvalue weighted by Gasteiger charge is 2.12. The molecule has 0 bridgehead atoms. The van der Waals surface area contributed by atoms with Crippen LogP contribution in [0.15, 0.2) is 42.7 Å². The summed E-state index contributed by atoms with van der Waals surface area (Å²) in [6.45, 7) is 6.59. The first-order valence-corrected chi connectivity index (χ1v) is 6.86. The van der Waals surface area contributed by atoms with Gasteiger partial charge in [-0.05, 0) is 26.3 Å². The number of rotatable bonds is 4. The minimum atomic E-state index is -0.228. The van der Waals surface area contributed by atoms with E-state index in [2.05, 4.69) is 20.6 Å². The predicted octanol–water partition coefficient (Wildman–Crippen LogP) is 2.62. The smallest absolute Gasteiger partial charge is 0.271 e. The molecule has 2 aromatic rings. The molecular weight excluding hydrogens is 264 g/mol. The Hall–Kier alpha value is -2.43. The normalized spacial score (nSPS) is 11.0. The van der Waals surface area contributed by atoms with E-state index in [-0.39, 0.29) is 11.4 Å². The molecule has 0 radical (unpaired) electrons. The van der Waals surface area contributed by atoms with Gasteiger partial charge in [-0.25, -0.2) is 9.97 Å². The third-order valence-corrected chi connectivity index (χ3v) is 2.68. The van der Waals surface area contributed by atoms with Crippen LogP contribution in [0.1, 0.15) is 36.8 Å². The number of nitrogens with one attached hydrogen (secondary N) is 2. The summed E-state index contributed by atoms with van der Waals surface area (Å²) in [6.07, 6.45) is 3.05. The van der Waals surface area contributed by atoms with Crippen LogP contribution >= 0.6 is 0 Å². The van der Waals surface area contributed by atoms with E-state index in [0.717, 1.165) is 5.56 Å². The second-order valence-corrected chi connectivity index (χ2v) is 5.83. The Kier molecular flexibility index (Phi) is 4.52. The van der Waals surface area contributed by atoms with Crippen molar-refractivity contribution in [3.05, 3.63) is 54.0 Å². The van der Waals surface area contributed by atoms with Crippen molar-refractivity contribution in [2.75, 3.05) is 5.32 Å². The molecule has 0 saturated heterocycles. The van der Waals surface area contributed by atoms with Crippen molar-refractivity contribution in [2.45, 2.75) is 32.9 Å². The van der Waals surface area contributed by atoms with E-state index in [1.54, 1.807) is 6.20 Å². The van der Waals surface area contributed by atoms with Crippen LogP contribution in [0.25, 0.3) is 0 Å². The van der Waals surface area contributed by atoms with E-state index >= 15 is 0 Å². The predicted molar refractivity (Wildman–Crippen MR) is 83.0 cm³/mol. The molecule has 5 heteroatoms. The number of aromatic nitrogens is 2. The van der Waals surface area contributed by atoms with Crippen molar-refractivity contribution in [1.82, 2.24) is 15.3 Å². The molecule has 1 aromatic carbocycles. The van der Waals surface area contributed by atoms with Gasteiger partial charge in [0.1, 0.15) is 11.5 Å². The van der Waals surface area contributed by atoms with Crippen molar-refractivity contribution < 1.29 is 4.79 Å². The summed E-state index contributed by atoms with van der Waals surface area (Å²) >= 11 is 0. The molecule has 0 spiro atoms. The third kappa shape index (κ3) is 4.87. The van der Waals surface area contributed by atoms with Gasteiger partial charge in [0.25, 0.3) is 5.91 Å². The Morgan fingerprint density at radius 3 is 2.38 bits per heavy atom. The van der Waals surface area contributed by atoms with E-state index in [4.69, 9.17) is 0 Å². The Morgan fingerprint density at radius 1 is 1.10 bits per heavy atom. The molecule has 2 rings (SSSR count). The number of carbonyl (C=O) groups is 1. The van der Waals surface area contributed by atoms with Crippen molar-refractivity contribution in [3.63, 3.8) is 0 Å². The summed E-state index contributed by atoms with van der Waals surface area (Å²) in [7, 11) is 0. The average molecular weight is 284 g/mol. The van der Waals surface area contributed by atoms with Gasteiger partial charge in [-0.3, -0.25) is 4.79 Å². The van der Waals surface area contributed by atoms with Gasteiger partial charge in [-0.1, -0.05) is 30.3 Å². The third-order valence-electron chi connectivity index (χ3n) is 2.68. The number of benzene rings is 1. The molecule has 0 atom stereocenters. The largest absolute Gasteiger partial charge is 0.364 e. The van der Waals surface area contributed by atoms with Crippen LogP contribution in [0.2, 0.25) is 0 Å². The molecule has 0 aliphatic carbocycles. The quantitative estimate of drug-likeness (QED) is 0.905. The van der Waals surface area contributed by atoms with Crippen molar-refractivity contribution in [2.24, 2.45) is 0 Å². The number of anilines is 1.